The summed E-state index contributed by atoms with van der Waals surface area (Å²) in [6.45, 7) is 0.171. The van der Waals surface area contributed by atoms with Crippen LogP contribution in [0.2, 0.25) is 5.02 Å². The van der Waals surface area contributed by atoms with Gasteiger partial charge in [0.15, 0.2) is 11.5 Å². The number of benzene rings is 3. The van der Waals surface area contributed by atoms with E-state index in [9.17, 15) is 9.59 Å². The van der Waals surface area contributed by atoms with Crippen LogP contribution in [0.5, 0.6) is 17.2 Å². The first-order valence-electron chi connectivity index (χ1n) is 10.6. The summed E-state index contributed by atoms with van der Waals surface area (Å²) in [5.74, 6) is 0.887. The van der Waals surface area contributed by atoms with Crippen LogP contribution in [0.4, 0.5) is 0 Å². The molecule has 0 aliphatic rings. The van der Waals surface area contributed by atoms with E-state index >= 15 is 0 Å². The zero-order valence-corrected chi connectivity index (χ0v) is 20.0. The summed E-state index contributed by atoms with van der Waals surface area (Å²) in [5, 5.41) is 6.26. The monoisotopic (exact) mass is 482 g/mol. The van der Waals surface area contributed by atoms with Crippen molar-refractivity contribution in [3.63, 3.8) is 0 Å². The van der Waals surface area contributed by atoms with Crippen LogP contribution >= 0.6 is 11.6 Å². The van der Waals surface area contributed by atoms with E-state index in [0.717, 1.165) is 5.56 Å². The summed E-state index contributed by atoms with van der Waals surface area (Å²) in [6, 6.07) is 18.6. The Bertz CT molecular complexity index is 1120. The van der Waals surface area contributed by atoms with Crippen LogP contribution in [0.3, 0.4) is 0 Å². The molecule has 0 fully saturated rings. The van der Waals surface area contributed by atoms with Gasteiger partial charge in [-0.25, -0.2) is 0 Å². The highest BCUT2D eigenvalue weighted by molar-refractivity contribution is 6.30. The van der Waals surface area contributed by atoms with Gasteiger partial charge in [0, 0.05) is 35.2 Å². The molecular weight excluding hydrogens is 456 g/mol. The fourth-order valence-electron chi connectivity index (χ4n) is 3.44. The van der Waals surface area contributed by atoms with E-state index < -0.39 is 6.04 Å². The molecule has 0 aromatic heterocycles. The molecule has 0 aliphatic carbocycles. The van der Waals surface area contributed by atoms with Gasteiger partial charge in [0.2, 0.25) is 5.91 Å². The second-order valence-electron chi connectivity index (χ2n) is 7.46. The van der Waals surface area contributed by atoms with E-state index in [1.165, 1.54) is 21.3 Å². The quantitative estimate of drug-likeness (QED) is 0.456. The smallest absolute Gasteiger partial charge is 0.251 e. The number of halogens is 1. The Morgan fingerprint density at radius 3 is 2.09 bits per heavy atom. The molecule has 0 spiro atoms. The number of nitrogens with one attached hydrogen (secondary N) is 2. The molecule has 0 saturated heterocycles. The third kappa shape index (κ3) is 6.42. The van der Waals surface area contributed by atoms with E-state index in [0.29, 0.717) is 39.8 Å². The first-order valence-corrected chi connectivity index (χ1v) is 11.0. The minimum absolute atomic E-state index is 0.171. The van der Waals surface area contributed by atoms with Crippen LogP contribution in [0, 0.1) is 0 Å². The molecule has 8 heteroatoms. The Labute approximate surface area is 204 Å². The fourth-order valence-corrected chi connectivity index (χ4v) is 3.56. The standard InChI is InChI=1S/C26H27ClN2O5/c1-32-22-15-24(34-3)23(33-2)14-19(22)16-28-26(31)21(13-17-7-5-4-6-8-17)29-25(30)18-9-11-20(27)12-10-18/h4-12,14-15,21H,13,16H2,1-3H3,(H,28,31)(H,29,30). The summed E-state index contributed by atoms with van der Waals surface area (Å²) in [5.41, 5.74) is 2.04. The molecule has 7 nitrogen and oxygen atoms in total. The van der Waals surface area contributed by atoms with Crippen LogP contribution < -0.4 is 24.8 Å². The van der Waals surface area contributed by atoms with Gasteiger partial charge in [-0.2, -0.15) is 0 Å². The van der Waals surface area contributed by atoms with Crippen molar-refractivity contribution in [3.8, 4) is 17.2 Å². The van der Waals surface area contributed by atoms with Crippen molar-refractivity contribution in [2.45, 2.75) is 19.0 Å². The lowest BCUT2D eigenvalue weighted by Gasteiger charge is -2.20. The van der Waals surface area contributed by atoms with Gasteiger partial charge in [0.05, 0.1) is 21.3 Å². The molecule has 0 radical (unpaired) electrons. The molecule has 0 bridgehead atoms. The van der Waals surface area contributed by atoms with Crippen molar-refractivity contribution in [2.24, 2.45) is 0 Å². The lowest BCUT2D eigenvalue weighted by Crippen LogP contribution is -2.47. The number of rotatable bonds is 10. The lowest BCUT2D eigenvalue weighted by atomic mass is 10.0. The zero-order chi connectivity index (χ0) is 24.5. The lowest BCUT2D eigenvalue weighted by molar-refractivity contribution is -0.123. The number of hydrogen-bond acceptors (Lipinski definition) is 5. The van der Waals surface area contributed by atoms with Gasteiger partial charge in [0.1, 0.15) is 11.8 Å². The van der Waals surface area contributed by atoms with Crippen LogP contribution in [0.15, 0.2) is 66.7 Å². The molecule has 0 heterocycles. The summed E-state index contributed by atoms with van der Waals surface area (Å²) >= 11 is 5.92. The third-order valence-electron chi connectivity index (χ3n) is 5.25. The molecule has 3 rings (SSSR count). The average Bonchev–Trinajstić information content (AvgIpc) is 2.87. The molecule has 1 unspecified atom stereocenters. The first-order chi connectivity index (χ1) is 16.4. The Morgan fingerprint density at radius 2 is 1.47 bits per heavy atom. The molecule has 3 aromatic rings. The highest BCUT2D eigenvalue weighted by Crippen LogP contribution is 2.34. The maximum atomic E-state index is 13.2. The normalized spacial score (nSPS) is 11.3. The van der Waals surface area contributed by atoms with Gasteiger partial charge >= 0.3 is 0 Å². The van der Waals surface area contributed by atoms with E-state index in [1.807, 2.05) is 30.3 Å². The molecule has 0 aliphatic heterocycles. The number of hydrogen-bond donors (Lipinski definition) is 2. The molecule has 178 valence electrons. The Hall–Kier alpha value is -3.71. The van der Waals surface area contributed by atoms with E-state index in [4.69, 9.17) is 25.8 Å². The summed E-state index contributed by atoms with van der Waals surface area (Å²) in [6.07, 6.45) is 0.328. The predicted molar refractivity (Wildman–Crippen MR) is 131 cm³/mol. The molecule has 34 heavy (non-hydrogen) atoms. The zero-order valence-electron chi connectivity index (χ0n) is 19.3. The van der Waals surface area contributed by atoms with Crippen LogP contribution in [0.25, 0.3) is 0 Å². The number of amides is 2. The second kappa shape index (κ2) is 12.0. The third-order valence-corrected chi connectivity index (χ3v) is 5.50. The summed E-state index contributed by atoms with van der Waals surface area (Å²) < 4.78 is 16.1. The number of carbonyl (C=O) groups excluding carboxylic acids is 2. The van der Waals surface area contributed by atoms with Gasteiger partial charge in [-0.05, 0) is 35.9 Å². The van der Waals surface area contributed by atoms with Crippen molar-refractivity contribution in [1.82, 2.24) is 10.6 Å². The van der Waals surface area contributed by atoms with E-state index in [-0.39, 0.29) is 18.4 Å². The van der Waals surface area contributed by atoms with Gasteiger partial charge in [-0.1, -0.05) is 41.9 Å². The van der Waals surface area contributed by atoms with Gasteiger partial charge in [-0.15, -0.1) is 0 Å². The molecule has 3 aromatic carbocycles. The van der Waals surface area contributed by atoms with Crippen molar-refractivity contribution in [2.75, 3.05) is 21.3 Å². The van der Waals surface area contributed by atoms with Gasteiger partial charge in [-0.3, -0.25) is 9.59 Å². The highest BCUT2D eigenvalue weighted by atomic mass is 35.5. The maximum absolute atomic E-state index is 13.2. The number of ether oxygens (including phenoxy) is 3. The van der Waals surface area contributed by atoms with Crippen molar-refractivity contribution >= 4 is 23.4 Å². The maximum Gasteiger partial charge on any atom is 0.251 e. The van der Waals surface area contributed by atoms with E-state index in [2.05, 4.69) is 10.6 Å². The average molecular weight is 483 g/mol. The topological polar surface area (TPSA) is 85.9 Å². The minimum Gasteiger partial charge on any atom is -0.496 e. The Morgan fingerprint density at radius 1 is 0.853 bits per heavy atom. The van der Waals surface area contributed by atoms with E-state index in [1.54, 1.807) is 36.4 Å². The van der Waals surface area contributed by atoms with Crippen molar-refractivity contribution in [1.29, 1.82) is 0 Å². The van der Waals surface area contributed by atoms with Crippen molar-refractivity contribution in [3.05, 3.63) is 88.4 Å². The Balaban J connectivity index is 1.78. The molecule has 1 atom stereocenters. The molecule has 0 saturated carbocycles. The van der Waals surface area contributed by atoms with Crippen LogP contribution in [-0.2, 0) is 17.8 Å². The SMILES string of the molecule is COc1cc(OC)c(OC)cc1CNC(=O)C(Cc1ccccc1)NC(=O)c1ccc(Cl)cc1. The van der Waals surface area contributed by atoms with Crippen LogP contribution in [-0.4, -0.2) is 39.2 Å². The van der Waals surface area contributed by atoms with Gasteiger partial charge < -0.3 is 24.8 Å². The Kier molecular flexibility index (Phi) is 8.76. The predicted octanol–water partition coefficient (Wildman–Crippen LogP) is 4.02. The largest absolute Gasteiger partial charge is 0.496 e. The fraction of sp³-hybridized carbons (Fsp3) is 0.231. The minimum atomic E-state index is -0.795. The first kappa shape index (κ1) is 24.9. The summed E-state index contributed by atoms with van der Waals surface area (Å²) in [7, 11) is 4.61. The summed E-state index contributed by atoms with van der Waals surface area (Å²) in [4.78, 5) is 26.0. The van der Waals surface area contributed by atoms with Crippen molar-refractivity contribution < 1.29 is 23.8 Å². The number of carbonyl (C=O) groups is 2. The highest BCUT2D eigenvalue weighted by Gasteiger charge is 2.23. The molecular formula is C26H27ClN2O5. The number of methoxy groups -OCH3 is 3. The molecule has 2 amide bonds. The molecule has 2 N–H and O–H groups in total. The second-order valence-corrected chi connectivity index (χ2v) is 7.90. The van der Waals surface area contributed by atoms with Gasteiger partial charge in [0.25, 0.3) is 5.91 Å². The van der Waals surface area contributed by atoms with Crippen LogP contribution in [0.1, 0.15) is 21.5 Å².